The molecular weight excluding hydrogens is 659 g/mol. The van der Waals surface area contributed by atoms with Crippen molar-refractivity contribution in [3.8, 4) is 0 Å². The Morgan fingerprint density at radius 2 is 1.63 bits per heavy atom. The van der Waals surface area contributed by atoms with Crippen molar-refractivity contribution in [2.24, 2.45) is 0 Å². The monoisotopic (exact) mass is 695 g/mol. The molecule has 3 aromatic carbocycles. The molecule has 1 aromatic heterocycles. The summed E-state index contributed by atoms with van der Waals surface area (Å²) in [5.41, 5.74) is 2.23. The van der Waals surface area contributed by atoms with Gasteiger partial charge in [-0.1, -0.05) is 68.4 Å². The fourth-order valence-corrected chi connectivity index (χ4v) is 6.91. The van der Waals surface area contributed by atoms with Crippen molar-refractivity contribution < 1.29 is 35.9 Å². The second kappa shape index (κ2) is 14.7. The quantitative estimate of drug-likeness (QED) is 0.217. The predicted molar refractivity (Wildman–Crippen MR) is 176 cm³/mol. The minimum Gasteiger partial charge on any atom is -0.457 e. The summed E-state index contributed by atoms with van der Waals surface area (Å²) in [6.07, 6.45) is -3.32. The first-order chi connectivity index (χ1) is 23.2. The Kier molecular flexibility index (Phi) is 10.7. The van der Waals surface area contributed by atoms with Crippen molar-refractivity contribution in [3.05, 3.63) is 119 Å². The third kappa shape index (κ3) is 8.43. The summed E-state index contributed by atoms with van der Waals surface area (Å²) in [4.78, 5) is 36.5. The van der Waals surface area contributed by atoms with Crippen LogP contribution < -0.4 is 10.2 Å². The third-order valence-corrected chi connectivity index (χ3v) is 10.1. The number of piperazine rings is 1. The van der Waals surface area contributed by atoms with Gasteiger partial charge in [-0.2, -0.15) is 17.5 Å². The Morgan fingerprint density at radius 3 is 2.24 bits per heavy atom. The highest BCUT2D eigenvalue weighted by molar-refractivity contribution is 7.89. The number of aromatic nitrogens is 2. The molecule has 1 aliphatic heterocycles. The third-order valence-electron chi connectivity index (χ3n) is 8.22. The number of alkyl halides is 3. The second-order valence-corrected chi connectivity index (χ2v) is 13.8. The largest absolute Gasteiger partial charge is 0.457 e. The fraction of sp³-hybridized carbons (Fsp3) is 0.314. The number of carbonyl (C=O) groups excluding carboxylic acids is 2. The van der Waals surface area contributed by atoms with Gasteiger partial charge in [0.15, 0.2) is 0 Å². The zero-order chi connectivity index (χ0) is 35.3. The van der Waals surface area contributed by atoms with E-state index in [0.29, 0.717) is 23.7 Å². The van der Waals surface area contributed by atoms with Crippen LogP contribution in [-0.4, -0.2) is 60.2 Å². The standard InChI is InChI=1S/C35H36F3N5O5S/c1-23(2)27-11-9-25(10-12-27)19-39-32(44)31-21-42(17-18-43(31)49(46,47)29-15-13-28(14-16-29)35(36,37)38)34-40-20-30(24(3)41-34)33(45)48-22-26-7-5-4-6-8-26/h4-16,20,23,31H,17-19,21-22H2,1-3H3,(H,39,44)/t31-/m1/s1. The van der Waals surface area contributed by atoms with Gasteiger partial charge in [-0.05, 0) is 53.8 Å². The number of nitrogens with one attached hydrogen (secondary N) is 1. The van der Waals surface area contributed by atoms with Crippen LogP contribution in [0, 0.1) is 6.92 Å². The summed E-state index contributed by atoms with van der Waals surface area (Å²) in [5.74, 6) is -0.726. The van der Waals surface area contributed by atoms with Gasteiger partial charge in [0.05, 0.1) is 21.7 Å². The van der Waals surface area contributed by atoms with E-state index >= 15 is 0 Å². The molecule has 2 heterocycles. The van der Waals surface area contributed by atoms with Crippen LogP contribution in [0.25, 0.3) is 0 Å². The highest BCUT2D eigenvalue weighted by Gasteiger charge is 2.41. The molecule has 258 valence electrons. The van der Waals surface area contributed by atoms with Gasteiger partial charge in [0.1, 0.15) is 12.6 Å². The number of benzene rings is 3. The fourth-order valence-electron chi connectivity index (χ4n) is 5.34. The minimum atomic E-state index is -4.64. The Labute approximate surface area is 283 Å². The first kappa shape index (κ1) is 35.5. The number of hydrogen-bond donors (Lipinski definition) is 1. The number of carbonyl (C=O) groups is 2. The predicted octanol–water partition coefficient (Wildman–Crippen LogP) is 5.48. The highest BCUT2D eigenvalue weighted by Crippen LogP contribution is 2.31. The van der Waals surface area contributed by atoms with E-state index in [4.69, 9.17) is 4.74 Å². The van der Waals surface area contributed by atoms with Gasteiger partial charge in [-0.25, -0.2) is 23.2 Å². The summed E-state index contributed by atoms with van der Waals surface area (Å²) in [6, 6.07) is 18.7. The average molecular weight is 696 g/mol. The Hall–Kier alpha value is -4.82. The van der Waals surface area contributed by atoms with Crippen molar-refractivity contribution in [1.82, 2.24) is 19.6 Å². The number of anilines is 1. The molecule has 49 heavy (non-hydrogen) atoms. The molecule has 14 heteroatoms. The number of amides is 1. The van der Waals surface area contributed by atoms with E-state index in [1.54, 1.807) is 11.8 Å². The number of sulfonamides is 1. The first-order valence-corrected chi connectivity index (χ1v) is 17.0. The molecule has 1 aliphatic rings. The van der Waals surface area contributed by atoms with Crippen molar-refractivity contribution >= 4 is 27.8 Å². The molecule has 1 saturated heterocycles. The number of nitrogens with zero attached hydrogens (tertiary/aromatic N) is 4. The lowest BCUT2D eigenvalue weighted by Crippen LogP contribution is -2.60. The van der Waals surface area contributed by atoms with Crippen molar-refractivity contribution in [2.75, 3.05) is 24.5 Å². The molecule has 1 fully saturated rings. The summed E-state index contributed by atoms with van der Waals surface area (Å²) in [5, 5.41) is 2.81. The Morgan fingerprint density at radius 1 is 0.959 bits per heavy atom. The molecule has 10 nitrogen and oxygen atoms in total. The molecule has 1 amide bonds. The Bertz CT molecular complexity index is 1890. The minimum absolute atomic E-state index is 0.0644. The van der Waals surface area contributed by atoms with Gasteiger partial charge >= 0.3 is 12.1 Å². The summed E-state index contributed by atoms with van der Waals surface area (Å²) >= 11 is 0. The molecule has 0 radical (unpaired) electrons. The maximum atomic E-state index is 13.8. The molecule has 1 atom stereocenters. The molecule has 5 rings (SSSR count). The van der Waals surface area contributed by atoms with Crippen molar-refractivity contribution in [1.29, 1.82) is 0 Å². The maximum absolute atomic E-state index is 13.8. The summed E-state index contributed by atoms with van der Waals surface area (Å²) < 4.78 is 73.5. The topological polar surface area (TPSA) is 122 Å². The van der Waals surface area contributed by atoms with Crippen LogP contribution in [0.3, 0.4) is 0 Å². The normalized spacial score (nSPS) is 15.7. The van der Waals surface area contributed by atoms with Gasteiger partial charge in [0, 0.05) is 32.4 Å². The Balaban J connectivity index is 1.36. The maximum Gasteiger partial charge on any atom is 0.416 e. The van der Waals surface area contributed by atoms with Gasteiger partial charge in [-0.15, -0.1) is 0 Å². The average Bonchev–Trinajstić information content (AvgIpc) is 3.09. The lowest BCUT2D eigenvalue weighted by molar-refractivity contribution is -0.137. The molecule has 4 aromatic rings. The van der Waals surface area contributed by atoms with E-state index < -0.39 is 39.7 Å². The van der Waals surface area contributed by atoms with E-state index in [9.17, 15) is 31.2 Å². The molecule has 0 unspecified atom stereocenters. The van der Waals surface area contributed by atoms with Crippen LogP contribution in [0.1, 0.15) is 58.1 Å². The lowest BCUT2D eigenvalue weighted by atomic mass is 10.0. The number of ether oxygens (including phenoxy) is 1. The van der Waals surface area contributed by atoms with E-state index in [1.165, 1.54) is 6.20 Å². The molecule has 0 spiro atoms. The van der Waals surface area contributed by atoms with Crippen LogP contribution in [0.4, 0.5) is 19.1 Å². The zero-order valence-electron chi connectivity index (χ0n) is 27.1. The number of hydrogen-bond acceptors (Lipinski definition) is 8. The molecule has 1 N–H and O–H groups in total. The smallest absolute Gasteiger partial charge is 0.416 e. The van der Waals surface area contributed by atoms with E-state index in [-0.39, 0.29) is 49.2 Å². The van der Waals surface area contributed by atoms with Crippen LogP contribution in [0.15, 0.2) is 90.0 Å². The van der Waals surface area contributed by atoms with Gasteiger partial charge in [0.25, 0.3) is 0 Å². The van der Waals surface area contributed by atoms with Gasteiger partial charge in [-0.3, -0.25) is 4.79 Å². The van der Waals surface area contributed by atoms with Gasteiger partial charge in [0.2, 0.25) is 21.9 Å². The van der Waals surface area contributed by atoms with Crippen LogP contribution in [0.2, 0.25) is 0 Å². The van der Waals surface area contributed by atoms with Gasteiger partial charge < -0.3 is 15.0 Å². The lowest BCUT2D eigenvalue weighted by Gasteiger charge is -2.39. The molecule has 0 saturated carbocycles. The number of halogens is 3. The summed E-state index contributed by atoms with van der Waals surface area (Å²) in [6.45, 7) is 5.65. The molecular formula is C35H36F3N5O5S. The van der Waals surface area contributed by atoms with E-state index in [2.05, 4.69) is 29.1 Å². The number of rotatable bonds is 10. The molecule has 0 aliphatic carbocycles. The number of esters is 1. The first-order valence-electron chi connectivity index (χ1n) is 15.6. The van der Waals surface area contributed by atoms with Crippen molar-refractivity contribution in [3.63, 3.8) is 0 Å². The van der Waals surface area contributed by atoms with Crippen LogP contribution in [-0.2, 0) is 38.9 Å². The van der Waals surface area contributed by atoms with E-state index in [0.717, 1.165) is 33.1 Å². The van der Waals surface area contributed by atoms with Crippen LogP contribution >= 0.6 is 0 Å². The van der Waals surface area contributed by atoms with Crippen molar-refractivity contribution in [2.45, 2.75) is 57.0 Å². The SMILES string of the molecule is Cc1nc(N2CCN(S(=O)(=O)c3ccc(C(F)(F)F)cc3)[C@@H](C(=O)NCc3ccc(C(C)C)cc3)C2)ncc1C(=O)OCc1ccccc1. The second-order valence-electron chi connectivity index (χ2n) is 11.9. The van der Waals surface area contributed by atoms with Crippen LogP contribution in [0.5, 0.6) is 0 Å². The highest BCUT2D eigenvalue weighted by atomic mass is 32.2. The molecule has 0 bridgehead atoms. The number of aryl methyl sites for hydroxylation is 1. The van der Waals surface area contributed by atoms with E-state index in [1.807, 2.05) is 54.6 Å². The summed E-state index contributed by atoms with van der Waals surface area (Å²) in [7, 11) is -4.40. The zero-order valence-corrected chi connectivity index (χ0v) is 28.0.